The minimum absolute atomic E-state index is 0.0417. The van der Waals surface area contributed by atoms with E-state index in [-0.39, 0.29) is 25.3 Å². The summed E-state index contributed by atoms with van der Waals surface area (Å²) >= 11 is 1.37. The highest BCUT2D eigenvalue weighted by molar-refractivity contribution is 7.22. The molecule has 160 valence electrons. The van der Waals surface area contributed by atoms with Crippen molar-refractivity contribution in [2.24, 2.45) is 0 Å². The molecule has 2 aromatic carbocycles. The monoisotopic (exact) mass is 440 g/mol. The van der Waals surface area contributed by atoms with Crippen molar-refractivity contribution < 1.29 is 23.8 Å². The van der Waals surface area contributed by atoms with Gasteiger partial charge in [-0.25, -0.2) is 9.78 Å². The molecule has 2 aliphatic rings. The Morgan fingerprint density at radius 3 is 2.94 bits per heavy atom. The van der Waals surface area contributed by atoms with Crippen LogP contribution >= 0.6 is 11.3 Å². The standard InChI is InChI=1S/C21H20N4O5S/c1-2-28-14-4-5-15-18(10-14)31-20(22-15)23-19(26)11-24-7-8-25(21(24)27)13-3-6-16-17(9-13)30-12-29-16/h3-6,9-10H,2,7-8,11-12H2,1H3,(H,22,23,26). The Bertz CT molecular complexity index is 1160. The summed E-state index contributed by atoms with van der Waals surface area (Å²) in [6.07, 6.45) is 0. The van der Waals surface area contributed by atoms with Gasteiger partial charge in [-0.2, -0.15) is 0 Å². The number of hydrogen-bond donors (Lipinski definition) is 1. The van der Waals surface area contributed by atoms with Gasteiger partial charge in [0.05, 0.1) is 16.8 Å². The van der Waals surface area contributed by atoms with Crippen molar-refractivity contribution in [1.82, 2.24) is 9.88 Å². The highest BCUT2D eigenvalue weighted by Crippen LogP contribution is 2.36. The second kappa shape index (κ2) is 7.95. The van der Waals surface area contributed by atoms with E-state index in [1.807, 2.05) is 31.2 Å². The van der Waals surface area contributed by atoms with Gasteiger partial charge in [0.1, 0.15) is 12.3 Å². The van der Waals surface area contributed by atoms with Crippen LogP contribution in [-0.2, 0) is 4.79 Å². The average molecular weight is 440 g/mol. The fourth-order valence-corrected chi connectivity index (χ4v) is 4.48. The lowest BCUT2D eigenvalue weighted by atomic mass is 10.2. The van der Waals surface area contributed by atoms with Gasteiger partial charge in [0, 0.05) is 24.8 Å². The molecule has 31 heavy (non-hydrogen) atoms. The number of ether oxygens (including phenoxy) is 3. The molecule has 0 aliphatic carbocycles. The Labute approximate surface area is 182 Å². The predicted octanol–water partition coefficient (Wildman–Crippen LogP) is 3.30. The smallest absolute Gasteiger partial charge is 0.325 e. The predicted molar refractivity (Wildman–Crippen MR) is 116 cm³/mol. The van der Waals surface area contributed by atoms with Crippen LogP contribution < -0.4 is 24.4 Å². The molecule has 2 aliphatic heterocycles. The number of carbonyl (C=O) groups is 2. The molecule has 0 atom stereocenters. The van der Waals surface area contributed by atoms with Gasteiger partial charge in [-0.1, -0.05) is 11.3 Å². The summed E-state index contributed by atoms with van der Waals surface area (Å²) in [5, 5.41) is 3.29. The molecule has 1 saturated heterocycles. The van der Waals surface area contributed by atoms with Gasteiger partial charge in [-0.3, -0.25) is 9.69 Å². The molecule has 3 aromatic rings. The minimum atomic E-state index is -0.287. The topological polar surface area (TPSA) is 93.2 Å². The molecule has 1 aromatic heterocycles. The van der Waals surface area contributed by atoms with Crippen LogP contribution in [0.4, 0.5) is 15.6 Å². The van der Waals surface area contributed by atoms with E-state index in [9.17, 15) is 9.59 Å². The van der Waals surface area contributed by atoms with Gasteiger partial charge in [0.25, 0.3) is 0 Å². The quantitative estimate of drug-likeness (QED) is 0.632. The molecule has 1 N–H and O–H groups in total. The molecule has 0 spiro atoms. The highest BCUT2D eigenvalue weighted by Gasteiger charge is 2.32. The maximum Gasteiger partial charge on any atom is 0.325 e. The van der Waals surface area contributed by atoms with Gasteiger partial charge in [-0.05, 0) is 37.3 Å². The molecule has 0 bridgehead atoms. The Hall–Kier alpha value is -3.53. The van der Waals surface area contributed by atoms with Crippen molar-refractivity contribution in [3.05, 3.63) is 36.4 Å². The lowest BCUT2D eigenvalue weighted by molar-refractivity contribution is -0.116. The van der Waals surface area contributed by atoms with Crippen LogP contribution in [0.1, 0.15) is 6.92 Å². The van der Waals surface area contributed by atoms with Crippen molar-refractivity contribution in [3.63, 3.8) is 0 Å². The summed E-state index contributed by atoms with van der Waals surface area (Å²) in [5.74, 6) is 1.76. The number of amides is 3. The van der Waals surface area contributed by atoms with E-state index < -0.39 is 0 Å². The van der Waals surface area contributed by atoms with Crippen molar-refractivity contribution in [3.8, 4) is 17.2 Å². The van der Waals surface area contributed by atoms with Crippen molar-refractivity contribution in [2.45, 2.75) is 6.92 Å². The summed E-state index contributed by atoms with van der Waals surface area (Å²) in [6.45, 7) is 3.60. The maximum atomic E-state index is 12.8. The molecular formula is C21H20N4O5S. The number of anilines is 2. The van der Waals surface area contributed by atoms with Gasteiger partial charge < -0.3 is 24.4 Å². The van der Waals surface area contributed by atoms with Gasteiger partial charge in [-0.15, -0.1) is 0 Å². The lowest BCUT2D eigenvalue weighted by Gasteiger charge is -2.18. The van der Waals surface area contributed by atoms with Crippen molar-refractivity contribution >= 4 is 44.3 Å². The first-order valence-electron chi connectivity index (χ1n) is 9.90. The zero-order chi connectivity index (χ0) is 21.4. The number of benzene rings is 2. The number of nitrogens with one attached hydrogen (secondary N) is 1. The van der Waals surface area contributed by atoms with E-state index in [0.717, 1.165) is 16.0 Å². The number of fused-ring (bicyclic) bond motifs is 2. The largest absolute Gasteiger partial charge is 0.494 e. The summed E-state index contributed by atoms with van der Waals surface area (Å²) in [7, 11) is 0. The molecule has 1 fully saturated rings. The molecule has 0 radical (unpaired) electrons. The highest BCUT2D eigenvalue weighted by atomic mass is 32.1. The van der Waals surface area contributed by atoms with E-state index in [4.69, 9.17) is 14.2 Å². The summed E-state index contributed by atoms with van der Waals surface area (Å²) < 4.78 is 17.1. The van der Waals surface area contributed by atoms with Crippen LogP contribution in [-0.4, -0.2) is 54.9 Å². The zero-order valence-corrected chi connectivity index (χ0v) is 17.6. The van der Waals surface area contributed by atoms with Crippen molar-refractivity contribution in [1.29, 1.82) is 0 Å². The Balaban J connectivity index is 1.23. The molecule has 3 amide bonds. The molecule has 10 heteroatoms. The van der Waals surface area contributed by atoms with E-state index in [0.29, 0.717) is 42.0 Å². The van der Waals surface area contributed by atoms with E-state index >= 15 is 0 Å². The first-order chi connectivity index (χ1) is 15.1. The van der Waals surface area contributed by atoms with Crippen LogP contribution in [0.25, 0.3) is 10.2 Å². The number of nitrogens with zero attached hydrogens (tertiary/aromatic N) is 3. The Kier molecular flexibility index (Phi) is 4.99. The van der Waals surface area contributed by atoms with E-state index in [1.54, 1.807) is 17.0 Å². The second-order valence-electron chi connectivity index (χ2n) is 7.02. The fourth-order valence-electron chi connectivity index (χ4n) is 3.57. The van der Waals surface area contributed by atoms with Crippen LogP contribution in [0.2, 0.25) is 0 Å². The second-order valence-corrected chi connectivity index (χ2v) is 8.05. The number of rotatable bonds is 6. The number of urea groups is 1. The molecule has 9 nitrogen and oxygen atoms in total. The van der Waals surface area contributed by atoms with Crippen LogP contribution in [0.5, 0.6) is 17.2 Å². The number of hydrogen-bond acceptors (Lipinski definition) is 7. The number of thiazole rings is 1. The summed E-state index contributed by atoms with van der Waals surface area (Å²) in [4.78, 5) is 32.9. The molecule has 0 saturated carbocycles. The van der Waals surface area contributed by atoms with Gasteiger partial charge in [0.15, 0.2) is 16.6 Å². The molecule has 0 unspecified atom stereocenters. The first kappa shape index (κ1) is 19.4. The normalized spacial score (nSPS) is 15.1. The third-order valence-electron chi connectivity index (χ3n) is 5.01. The Morgan fingerprint density at radius 2 is 2.06 bits per heavy atom. The van der Waals surface area contributed by atoms with E-state index in [1.165, 1.54) is 16.2 Å². The fraction of sp³-hybridized carbons (Fsp3) is 0.286. The van der Waals surface area contributed by atoms with Gasteiger partial charge in [0.2, 0.25) is 12.7 Å². The molecular weight excluding hydrogens is 420 g/mol. The number of aromatic nitrogens is 1. The maximum absolute atomic E-state index is 12.8. The van der Waals surface area contributed by atoms with Crippen molar-refractivity contribution in [2.75, 3.05) is 43.3 Å². The Morgan fingerprint density at radius 1 is 1.19 bits per heavy atom. The summed E-state index contributed by atoms with van der Waals surface area (Å²) in [5.41, 5.74) is 1.50. The van der Waals surface area contributed by atoms with Crippen LogP contribution in [0, 0.1) is 0 Å². The van der Waals surface area contributed by atoms with Gasteiger partial charge >= 0.3 is 6.03 Å². The van der Waals surface area contributed by atoms with Crippen LogP contribution in [0.3, 0.4) is 0 Å². The van der Waals surface area contributed by atoms with Crippen LogP contribution in [0.15, 0.2) is 36.4 Å². The third kappa shape index (κ3) is 3.81. The molecule has 5 rings (SSSR count). The molecule has 3 heterocycles. The number of carbonyl (C=O) groups excluding carboxylic acids is 2. The third-order valence-corrected chi connectivity index (χ3v) is 5.95. The zero-order valence-electron chi connectivity index (χ0n) is 16.8. The first-order valence-corrected chi connectivity index (χ1v) is 10.7. The lowest BCUT2D eigenvalue weighted by Crippen LogP contribution is -2.37. The average Bonchev–Trinajstić information content (AvgIpc) is 3.46. The minimum Gasteiger partial charge on any atom is -0.494 e. The van der Waals surface area contributed by atoms with E-state index in [2.05, 4.69) is 10.3 Å². The summed E-state index contributed by atoms with van der Waals surface area (Å²) in [6, 6.07) is 10.8. The SMILES string of the molecule is CCOc1ccc2nc(NC(=O)CN3CCN(c4ccc5c(c4)OCO5)C3=O)sc2c1.